The van der Waals surface area contributed by atoms with Crippen LogP contribution in [0.3, 0.4) is 0 Å². The maximum atomic E-state index is 14.4. The van der Waals surface area contributed by atoms with Gasteiger partial charge in [-0.2, -0.15) is 4.90 Å². The summed E-state index contributed by atoms with van der Waals surface area (Å²) >= 11 is 0. The molecule has 1 aromatic carbocycles. The van der Waals surface area contributed by atoms with E-state index in [9.17, 15) is 18.8 Å². The molecule has 1 rings (SSSR count). The molecule has 0 aromatic heterocycles. The number of hydrogen-bond acceptors (Lipinski definition) is 6. The molecule has 0 radical (unpaired) electrons. The molecule has 0 aliphatic rings. The Labute approximate surface area is 177 Å². The highest BCUT2D eigenvalue weighted by Crippen LogP contribution is 2.21. The average molecular weight is 424 g/mol. The Hall–Kier alpha value is -2.64. The number of halogens is 1. The van der Waals surface area contributed by atoms with Gasteiger partial charge in [0, 0.05) is 6.42 Å². The van der Waals surface area contributed by atoms with E-state index in [2.05, 4.69) is 0 Å². The minimum absolute atomic E-state index is 0.0160. The second-order valence-corrected chi connectivity index (χ2v) is 8.90. The molecule has 0 spiro atoms. The number of ether oxygens (including phenoxy) is 3. The summed E-state index contributed by atoms with van der Waals surface area (Å²) in [5.41, 5.74) is -0.962. The van der Waals surface area contributed by atoms with E-state index >= 15 is 0 Å². The number of carbonyl (C=O) groups is 3. The summed E-state index contributed by atoms with van der Waals surface area (Å²) in [6.07, 6.45) is -2.45. The normalized spacial score (nSPS) is 12.7. The predicted octanol–water partition coefficient (Wildman–Crippen LogP) is 4.78. The molecule has 0 saturated heterocycles. The summed E-state index contributed by atoms with van der Waals surface area (Å²) in [6, 6.07) is 2.92. The van der Waals surface area contributed by atoms with E-state index in [-0.39, 0.29) is 18.6 Å². The van der Waals surface area contributed by atoms with Crippen molar-refractivity contribution in [2.75, 3.05) is 6.61 Å². The van der Waals surface area contributed by atoms with Crippen LogP contribution in [-0.4, -0.2) is 46.9 Å². The number of nitrogens with zero attached hydrogens (tertiary/aromatic N) is 1. The lowest BCUT2D eigenvalue weighted by Crippen LogP contribution is -2.53. The predicted molar refractivity (Wildman–Crippen MR) is 110 cm³/mol. The van der Waals surface area contributed by atoms with Crippen molar-refractivity contribution in [2.24, 2.45) is 0 Å². The molecule has 8 heteroatoms. The maximum absolute atomic E-state index is 14.4. The van der Waals surface area contributed by atoms with Crippen molar-refractivity contribution in [2.45, 2.75) is 79.1 Å². The van der Waals surface area contributed by atoms with Crippen LogP contribution in [0.1, 0.15) is 59.6 Å². The van der Waals surface area contributed by atoms with Gasteiger partial charge in [0.25, 0.3) is 0 Å². The molecule has 0 fully saturated rings. The van der Waals surface area contributed by atoms with Gasteiger partial charge < -0.3 is 14.2 Å². The standard InChI is InChI=1S/C22H32FNO6/c1-9-28-18(25)17(13-15-12-14(2)10-11-16(15)23)24(19(26)29-21(3,4)5)20(27)30-22(6,7)8/h10-12,17H,9,13H2,1-8H3/t17-/m0/s1/i23-1. The molecule has 30 heavy (non-hydrogen) atoms. The average Bonchev–Trinajstić information content (AvgIpc) is 2.54. The van der Waals surface area contributed by atoms with Crippen molar-refractivity contribution < 1.29 is 33.0 Å². The van der Waals surface area contributed by atoms with E-state index in [4.69, 9.17) is 14.2 Å². The lowest BCUT2D eigenvalue weighted by Gasteiger charge is -2.32. The fraction of sp³-hybridized carbons (Fsp3) is 0.591. The Kier molecular flexibility index (Phi) is 8.39. The highest BCUT2D eigenvalue weighted by Gasteiger charge is 2.41. The van der Waals surface area contributed by atoms with Crippen molar-refractivity contribution >= 4 is 18.2 Å². The number of imide groups is 1. The van der Waals surface area contributed by atoms with Gasteiger partial charge in [-0.15, -0.1) is 0 Å². The molecular weight excluding hydrogens is 392 g/mol. The van der Waals surface area contributed by atoms with E-state index in [1.807, 2.05) is 0 Å². The molecule has 2 amide bonds. The number of esters is 1. The van der Waals surface area contributed by atoms with Crippen LogP contribution >= 0.6 is 0 Å². The van der Waals surface area contributed by atoms with Gasteiger partial charge in [-0.05, 0) is 67.0 Å². The van der Waals surface area contributed by atoms with Gasteiger partial charge in [-0.3, -0.25) is 0 Å². The van der Waals surface area contributed by atoms with Gasteiger partial charge in [-0.25, -0.2) is 18.8 Å². The molecular formula is C22H32FNO6. The van der Waals surface area contributed by atoms with Crippen molar-refractivity contribution in [3.05, 3.63) is 35.1 Å². The van der Waals surface area contributed by atoms with Gasteiger partial charge >= 0.3 is 18.2 Å². The first kappa shape index (κ1) is 25.4. The van der Waals surface area contributed by atoms with Crippen LogP contribution in [0, 0.1) is 12.7 Å². The minimum Gasteiger partial charge on any atom is -0.464 e. The second-order valence-electron chi connectivity index (χ2n) is 8.90. The number of aryl methyl sites for hydroxylation is 1. The van der Waals surface area contributed by atoms with Gasteiger partial charge in [0.15, 0.2) is 0 Å². The summed E-state index contributed by atoms with van der Waals surface area (Å²) < 4.78 is 30.1. The quantitative estimate of drug-likeness (QED) is 0.500. The van der Waals surface area contributed by atoms with E-state index in [0.717, 1.165) is 5.56 Å². The number of carbonyl (C=O) groups excluding carboxylic acids is 3. The number of rotatable bonds is 5. The summed E-state index contributed by atoms with van der Waals surface area (Å²) in [6.45, 7) is 13.1. The minimum atomic E-state index is -1.47. The molecule has 0 heterocycles. The zero-order chi connectivity index (χ0) is 23.3. The highest BCUT2D eigenvalue weighted by molar-refractivity contribution is 5.94. The van der Waals surface area contributed by atoms with Crippen LogP contribution in [0.2, 0.25) is 0 Å². The molecule has 168 valence electrons. The molecule has 0 aliphatic heterocycles. The fourth-order valence-corrected chi connectivity index (χ4v) is 2.54. The first-order valence-corrected chi connectivity index (χ1v) is 9.81. The summed E-state index contributed by atoms with van der Waals surface area (Å²) in [7, 11) is 0. The van der Waals surface area contributed by atoms with Crippen LogP contribution in [0.5, 0.6) is 0 Å². The number of hydrogen-bond donors (Lipinski definition) is 0. The lowest BCUT2D eigenvalue weighted by atomic mass is 10.0. The molecule has 0 aliphatic carbocycles. The molecule has 0 bridgehead atoms. The third-order valence-corrected chi connectivity index (χ3v) is 3.67. The Balaban J connectivity index is 3.45. The van der Waals surface area contributed by atoms with Crippen molar-refractivity contribution in [1.82, 2.24) is 4.90 Å². The Morgan fingerprint density at radius 1 is 1.00 bits per heavy atom. The largest absolute Gasteiger partial charge is 0.464 e. The van der Waals surface area contributed by atoms with Crippen molar-refractivity contribution in [3.63, 3.8) is 0 Å². The van der Waals surface area contributed by atoms with E-state index in [1.165, 1.54) is 6.07 Å². The van der Waals surface area contributed by atoms with Crippen LogP contribution < -0.4 is 0 Å². The molecule has 0 unspecified atom stereocenters. The van der Waals surface area contributed by atoms with E-state index in [0.29, 0.717) is 4.90 Å². The zero-order valence-electron chi connectivity index (χ0n) is 19.0. The number of amides is 2. The fourth-order valence-electron chi connectivity index (χ4n) is 2.54. The summed E-state index contributed by atoms with van der Waals surface area (Å²) in [5, 5.41) is 0. The summed E-state index contributed by atoms with van der Waals surface area (Å²) in [4.78, 5) is 39.0. The van der Waals surface area contributed by atoms with Crippen LogP contribution in [0.15, 0.2) is 18.2 Å². The molecule has 0 saturated carbocycles. The molecule has 1 aromatic rings. The third kappa shape index (κ3) is 8.00. The first-order chi connectivity index (χ1) is 13.6. The van der Waals surface area contributed by atoms with Gasteiger partial charge in [0.05, 0.1) is 6.61 Å². The highest BCUT2D eigenvalue weighted by atomic mass is 18.2. The Morgan fingerprint density at radius 3 is 1.93 bits per heavy atom. The molecule has 1 atom stereocenters. The first-order valence-electron chi connectivity index (χ1n) is 9.81. The van der Waals surface area contributed by atoms with Gasteiger partial charge in [0.1, 0.15) is 23.1 Å². The Morgan fingerprint density at radius 2 is 1.50 bits per heavy atom. The topological polar surface area (TPSA) is 82.1 Å². The van der Waals surface area contributed by atoms with E-state index in [1.54, 1.807) is 67.5 Å². The SMILES string of the molecule is CCOC(=O)[C@H](Cc1cc(C)ccc1[18F])N(C(=O)OC(C)(C)C)C(=O)OC(C)(C)C. The zero-order valence-corrected chi connectivity index (χ0v) is 19.0. The molecule has 0 N–H and O–H groups in total. The maximum Gasteiger partial charge on any atom is 0.420 e. The third-order valence-electron chi connectivity index (χ3n) is 3.67. The lowest BCUT2D eigenvalue weighted by molar-refractivity contribution is -0.149. The van der Waals surface area contributed by atoms with Crippen LogP contribution in [0.4, 0.5) is 14.0 Å². The second kappa shape index (κ2) is 9.91. The van der Waals surface area contributed by atoms with Gasteiger partial charge in [-0.1, -0.05) is 17.7 Å². The van der Waals surface area contributed by atoms with Gasteiger partial charge in [0.2, 0.25) is 0 Å². The monoisotopic (exact) mass is 424 g/mol. The smallest absolute Gasteiger partial charge is 0.420 e. The number of benzene rings is 1. The molecule has 7 nitrogen and oxygen atoms in total. The van der Waals surface area contributed by atoms with Crippen molar-refractivity contribution in [3.8, 4) is 0 Å². The van der Waals surface area contributed by atoms with E-state index < -0.39 is 41.2 Å². The Bertz CT molecular complexity index is 751. The van der Waals surface area contributed by atoms with Crippen LogP contribution in [0.25, 0.3) is 0 Å². The van der Waals surface area contributed by atoms with Crippen LogP contribution in [-0.2, 0) is 25.4 Å². The van der Waals surface area contributed by atoms with Crippen molar-refractivity contribution in [1.29, 1.82) is 0 Å². The summed E-state index contributed by atoms with van der Waals surface area (Å²) in [5.74, 6) is -1.43.